The van der Waals surface area contributed by atoms with Crippen LogP contribution in [-0.2, 0) is 4.79 Å². The van der Waals surface area contributed by atoms with Crippen molar-refractivity contribution in [1.29, 1.82) is 0 Å². The number of hydrogen-bond acceptors (Lipinski definition) is 8. The van der Waals surface area contributed by atoms with Gasteiger partial charge >= 0.3 is 0 Å². The Kier molecular flexibility index (Phi) is 6.74. The Morgan fingerprint density at radius 3 is 2.56 bits per heavy atom. The van der Waals surface area contributed by atoms with E-state index >= 15 is 0 Å². The first-order valence-electron chi connectivity index (χ1n) is 10.6. The summed E-state index contributed by atoms with van der Waals surface area (Å²) in [7, 11) is 0. The van der Waals surface area contributed by atoms with Crippen molar-refractivity contribution in [2.24, 2.45) is 0 Å². The van der Waals surface area contributed by atoms with E-state index in [4.69, 9.17) is 23.6 Å². The Morgan fingerprint density at radius 2 is 1.78 bits per heavy atom. The zero-order valence-electron chi connectivity index (χ0n) is 18.0. The summed E-state index contributed by atoms with van der Waals surface area (Å²) in [5, 5.41) is 10.5. The Bertz CT molecular complexity index is 1070. The second-order valence-electron chi connectivity index (χ2n) is 7.17. The lowest BCUT2D eigenvalue weighted by Gasteiger charge is -2.25. The number of rotatable bonds is 9. The highest BCUT2D eigenvalue weighted by Crippen LogP contribution is 2.35. The number of ether oxygens (including phenoxy) is 4. The number of fused-ring (bicyclic) bond motifs is 1. The summed E-state index contributed by atoms with van der Waals surface area (Å²) < 4.78 is 27.9. The van der Waals surface area contributed by atoms with Crippen molar-refractivity contribution in [1.82, 2.24) is 10.3 Å². The van der Waals surface area contributed by atoms with E-state index in [2.05, 4.69) is 15.6 Å². The molecule has 0 radical (unpaired) electrons. The van der Waals surface area contributed by atoms with Crippen LogP contribution in [0, 0.1) is 0 Å². The van der Waals surface area contributed by atoms with Gasteiger partial charge in [0, 0.05) is 5.56 Å². The van der Waals surface area contributed by atoms with Gasteiger partial charge in [0.15, 0.2) is 28.7 Å². The molecule has 2 aromatic carbocycles. The zero-order chi connectivity index (χ0) is 22.3. The van der Waals surface area contributed by atoms with Crippen LogP contribution in [0.1, 0.15) is 26.7 Å². The van der Waals surface area contributed by atoms with E-state index in [9.17, 15) is 4.79 Å². The molecule has 0 saturated heterocycles. The number of nitrogens with zero attached hydrogens (tertiary/aromatic N) is 2. The van der Waals surface area contributed by atoms with Gasteiger partial charge in [0.05, 0.1) is 13.2 Å². The molecule has 9 heteroatoms. The molecule has 1 aliphatic heterocycles. The first-order valence-corrected chi connectivity index (χ1v) is 10.6. The van der Waals surface area contributed by atoms with Crippen LogP contribution in [0.4, 0.5) is 5.82 Å². The van der Waals surface area contributed by atoms with E-state index in [1.165, 1.54) is 0 Å². The number of carbonyl (C=O) groups is 1. The summed E-state index contributed by atoms with van der Waals surface area (Å²) in [6.07, 6.45) is 0.912. The summed E-state index contributed by atoms with van der Waals surface area (Å²) in [6.45, 7) is 5.29. The highest BCUT2D eigenvalue weighted by molar-refractivity contribution is 5.96. The lowest BCUT2D eigenvalue weighted by Crippen LogP contribution is -2.40. The van der Waals surface area contributed by atoms with Gasteiger partial charge in [0.1, 0.15) is 6.61 Å². The number of nitrogens with one attached hydrogen (secondary N) is 1. The van der Waals surface area contributed by atoms with Crippen LogP contribution in [0.3, 0.4) is 0 Å². The molecule has 9 nitrogen and oxygen atoms in total. The quantitative estimate of drug-likeness (QED) is 0.531. The van der Waals surface area contributed by atoms with E-state index in [1.807, 2.05) is 38.1 Å². The van der Waals surface area contributed by atoms with E-state index < -0.39 is 12.0 Å². The van der Waals surface area contributed by atoms with Gasteiger partial charge < -0.3 is 24.3 Å². The third-order valence-corrected chi connectivity index (χ3v) is 4.67. The third kappa shape index (κ3) is 4.77. The summed E-state index contributed by atoms with van der Waals surface area (Å²) in [5.41, 5.74) is 1.04. The molecular formula is C23H25N3O6. The molecule has 1 atom stereocenters. The molecule has 0 bridgehead atoms. The first-order chi connectivity index (χ1) is 15.7. The molecule has 1 N–H and O–H groups in total. The second kappa shape index (κ2) is 10.0. The number of aromatic nitrogens is 2. The number of benzene rings is 2. The average molecular weight is 439 g/mol. The Balaban J connectivity index is 1.51. The lowest BCUT2D eigenvalue weighted by atomic mass is 10.1. The van der Waals surface area contributed by atoms with Crippen molar-refractivity contribution in [3.05, 3.63) is 42.5 Å². The molecule has 2 heterocycles. The predicted molar refractivity (Wildman–Crippen MR) is 116 cm³/mol. The Labute approximate surface area is 185 Å². The van der Waals surface area contributed by atoms with Crippen molar-refractivity contribution in [3.8, 4) is 34.3 Å². The normalized spacial score (nSPS) is 14.6. The summed E-state index contributed by atoms with van der Waals surface area (Å²) in [5.74, 6) is 2.13. The Hall–Kier alpha value is -3.75. The second-order valence-corrected chi connectivity index (χ2v) is 7.17. The zero-order valence-corrected chi connectivity index (χ0v) is 18.0. The molecule has 4 rings (SSSR count). The molecular weight excluding hydrogens is 414 g/mol. The van der Waals surface area contributed by atoms with Crippen LogP contribution in [0.25, 0.3) is 11.3 Å². The molecule has 0 saturated carbocycles. The Morgan fingerprint density at radius 1 is 1.03 bits per heavy atom. The van der Waals surface area contributed by atoms with E-state index in [0.717, 1.165) is 12.8 Å². The number of hydrogen-bond donors (Lipinski definition) is 1. The molecule has 32 heavy (non-hydrogen) atoms. The standard InChI is InChI=1S/C23H25N3O6/c1-3-11-28-17-10-9-15(13-19(17)29-12-4-2)21-22(26-32-25-21)24-23(27)20-14-30-16-7-5-6-8-18(16)31-20/h5-10,13,20H,3-4,11-12,14H2,1-2H3,(H,24,26,27)/t20-/m1/s1. The highest BCUT2D eigenvalue weighted by atomic mass is 16.6. The van der Waals surface area contributed by atoms with Crippen molar-refractivity contribution in [2.45, 2.75) is 32.8 Å². The smallest absolute Gasteiger partial charge is 0.270 e. The van der Waals surface area contributed by atoms with Crippen LogP contribution in [0.5, 0.6) is 23.0 Å². The van der Waals surface area contributed by atoms with Gasteiger partial charge in [0.25, 0.3) is 5.91 Å². The van der Waals surface area contributed by atoms with Crippen molar-refractivity contribution < 1.29 is 28.4 Å². The van der Waals surface area contributed by atoms with Crippen LogP contribution in [-0.4, -0.2) is 42.1 Å². The topological polar surface area (TPSA) is 105 Å². The highest BCUT2D eigenvalue weighted by Gasteiger charge is 2.29. The van der Waals surface area contributed by atoms with Crippen molar-refractivity contribution in [3.63, 3.8) is 0 Å². The monoisotopic (exact) mass is 439 g/mol. The van der Waals surface area contributed by atoms with Gasteiger partial charge in [-0.1, -0.05) is 26.0 Å². The molecule has 0 fully saturated rings. The summed E-state index contributed by atoms with van der Waals surface area (Å²) in [4.78, 5) is 12.8. The largest absolute Gasteiger partial charge is 0.490 e. The molecule has 0 spiro atoms. The maximum atomic E-state index is 12.8. The number of para-hydroxylation sites is 2. The molecule has 0 aliphatic carbocycles. The van der Waals surface area contributed by atoms with Gasteiger partial charge in [-0.2, -0.15) is 0 Å². The van der Waals surface area contributed by atoms with E-state index in [1.54, 1.807) is 18.2 Å². The van der Waals surface area contributed by atoms with Gasteiger partial charge in [0.2, 0.25) is 11.9 Å². The maximum absolute atomic E-state index is 12.8. The first kappa shape index (κ1) is 21.5. The van der Waals surface area contributed by atoms with E-state index in [-0.39, 0.29) is 12.4 Å². The van der Waals surface area contributed by atoms with Crippen LogP contribution in [0.15, 0.2) is 47.1 Å². The van der Waals surface area contributed by atoms with Gasteiger partial charge in [-0.05, 0) is 53.5 Å². The van der Waals surface area contributed by atoms with Crippen LogP contribution >= 0.6 is 0 Å². The number of carbonyl (C=O) groups excluding carboxylic acids is 1. The minimum atomic E-state index is -0.831. The van der Waals surface area contributed by atoms with Crippen LogP contribution < -0.4 is 24.3 Å². The fourth-order valence-electron chi connectivity index (χ4n) is 3.12. The van der Waals surface area contributed by atoms with Crippen LogP contribution in [0.2, 0.25) is 0 Å². The molecule has 0 unspecified atom stereocenters. The minimum Gasteiger partial charge on any atom is -0.490 e. The van der Waals surface area contributed by atoms with Crippen molar-refractivity contribution in [2.75, 3.05) is 25.1 Å². The van der Waals surface area contributed by atoms with Gasteiger partial charge in [-0.15, -0.1) is 0 Å². The lowest BCUT2D eigenvalue weighted by molar-refractivity contribution is -0.125. The fourth-order valence-corrected chi connectivity index (χ4v) is 3.12. The fraction of sp³-hybridized carbons (Fsp3) is 0.348. The molecule has 168 valence electrons. The minimum absolute atomic E-state index is 0.0852. The predicted octanol–water partition coefficient (Wildman–Crippen LogP) is 4.09. The van der Waals surface area contributed by atoms with Gasteiger partial charge in [-0.25, -0.2) is 4.63 Å². The van der Waals surface area contributed by atoms with E-state index in [0.29, 0.717) is 47.5 Å². The average Bonchev–Trinajstić information content (AvgIpc) is 3.29. The number of anilines is 1. The molecule has 1 aromatic heterocycles. The van der Waals surface area contributed by atoms with Crippen molar-refractivity contribution >= 4 is 11.7 Å². The third-order valence-electron chi connectivity index (χ3n) is 4.67. The number of amides is 1. The molecule has 1 aliphatic rings. The summed E-state index contributed by atoms with van der Waals surface area (Å²) >= 11 is 0. The maximum Gasteiger partial charge on any atom is 0.270 e. The summed E-state index contributed by atoms with van der Waals surface area (Å²) in [6, 6.07) is 12.6. The molecule has 1 amide bonds. The van der Waals surface area contributed by atoms with Gasteiger partial charge in [-0.3, -0.25) is 4.79 Å². The SMILES string of the molecule is CCCOc1ccc(-c2nonc2NC(=O)[C@H]2COc3ccccc3O2)cc1OCCC. The molecule has 3 aromatic rings.